The van der Waals surface area contributed by atoms with E-state index in [1.807, 2.05) is 30.3 Å². The summed E-state index contributed by atoms with van der Waals surface area (Å²) in [6, 6.07) is 11.6. The Labute approximate surface area is 221 Å². The Morgan fingerprint density at radius 2 is 1.78 bits per heavy atom. The second kappa shape index (κ2) is 9.99. The van der Waals surface area contributed by atoms with Crippen molar-refractivity contribution >= 4 is 45.6 Å². The highest BCUT2D eigenvalue weighted by molar-refractivity contribution is 6.31. The van der Waals surface area contributed by atoms with E-state index in [1.54, 1.807) is 31.8 Å². The van der Waals surface area contributed by atoms with E-state index in [2.05, 4.69) is 63.4 Å². The standard InChI is InChI=1S/C27H30ClN7O2/c1-27(2)22(35(3)4)13-23(27)37-25-21(36-5)12-19(15-31-25)33-26-29-9-8-24(34-26)32-18-11-16-10-17(28)6-7-20(16)30-14-18/h6-12,14-15,22-23H,13H2,1-5H3,(H2,29,32,33,34)/t22-,23+/m0/s1. The molecule has 3 aromatic heterocycles. The number of nitrogens with zero attached hydrogens (tertiary/aromatic N) is 5. The van der Waals surface area contributed by atoms with Crippen LogP contribution in [-0.4, -0.2) is 58.2 Å². The molecule has 2 N–H and O–H groups in total. The molecule has 0 amide bonds. The van der Waals surface area contributed by atoms with Crippen molar-refractivity contribution in [3.8, 4) is 11.6 Å². The van der Waals surface area contributed by atoms with Crippen molar-refractivity contribution < 1.29 is 9.47 Å². The van der Waals surface area contributed by atoms with Crippen LogP contribution in [-0.2, 0) is 0 Å². The molecule has 4 aromatic rings. The van der Waals surface area contributed by atoms with Gasteiger partial charge in [0.05, 0.1) is 36.4 Å². The average Bonchev–Trinajstić information content (AvgIpc) is 2.86. The van der Waals surface area contributed by atoms with Gasteiger partial charge in [-0.2, -0.15) is 4.98 Å². The Bertz CT molecular complexity index is 1430. The highest BCUT2D eigenvalue weighted by Gasteiger charge is 2.51. The zero-order valence-corrected chi connectivity index (χ0v) is 22.2. The van der Waals surface area contributed by atoms with Gasteiger partial charge in [0.2, 0.25) is 5.95 Å². The van der Waals surface area contributed by atoms with E-state index in [-0.39, 0.29) is 11.5 Å². The Morgan fingerprint density at radius 3 is 2.54 bits per heavy atom. The third kappa shape index (κ3) is 5.23. The number of methoxy groups -OCH3 is 1. The van der Waals surface area contributed by atoms with Crippen LogP contribution in [0.1, 0.15) is 20.3 Å². The number of hydrogen-bond acceptors (Lipinski definition) is 9. The van der Waals surface area contributed by atoms with Crippen LogP contribution < -0.4 is 20.1 Å². The van der Waals surface area contributed by atoms with E-state index in [9.17, 15) is 0 Å². The molecule has 10 heteroatoms. The zero-order valence-electron chi connectivity index (χ0n) is 21.5. The van der Waals surface area contributed by atoms with Gasteiger partial charge in [0.1, 0.15) is 11.9 Å². The van der Waals surface area contributed by atoms with Gasteiger partial charge >= 0.3 is 0 Å². The summed E-state index contributed by atoms with van der Waals surface area (Å²) in [6.07, 6.45) is 6.12. The molecule has 1 saturated carbocycles. The molecule has 0 radical (unpaired) electrons. The van der Waals surface area contributed by atoms with Gasteiger partial charge in [0, 0.05) is 40.5 Å². The smallest absolute Gasteiger partial charge is 0.257 e. The first kappa shape index (κ1) is 25.0. The summed E-state index contributed by atoms with van der Waals surface area (Å²) < 4.78 is 11.8. The third-order valence-electron chi connectivity index (χ3n) is 6.87. The number of hydrogen-bond donors (Lipinski definition) is 2. The topological polar surface area (TPSA) is 97.3 Å². The van der Waals surface area contributed by atoms with Gasteiger partial charge in [-0.25, -0.2) is 9.97 Å². The molecule has 1 aliphatic rings. The number of rotatable bonds is 8. The van der Waals surface area contributed by atoms with Crippen LogP contribution in [0, 0.1) is 5.41 Å². The molecule has 5 rings (SSSR count). The van der Waals surface area contributed by atoms with Crippen LogP contribution in [0.2, 0.25) is 5.02 Å². The SMILES string of the molecule is COc1cc(Nc2nccc(Nc3cnc4ccc(Cl)cc4c3)n2)cnc1O[C@@H]1C[C@H](N(C)C)C1(C)C. The largest absolute Gasteiger partial charge is 0.491 e. The van der Waals surface area contributed by atoms with E-state index in [1.165, 1.54) is 0 Å². The molecule has 0 saturated heterocycles. The van der Waals surface area contributed by atoms with E-state index < -0.39 is 0 Å². The van der Waals surface area contributed by atoms with Gasteiger partial charge in [-0.15, -0.1) is 0 Å². The summed E-state index contributed by atoms with van der Waals surface area (Å²) in [7, 11) is 5.81. The van der Waals surface area contributed by atoms with Crippen LogP contribution >= 0.6 is 11.6 Å². The average molecular weight is 520 g/mol. The van der Waals surface area contributed by atoms with Gasteiger partial charge in [0.25, 0.3) is 5.88 Å². The predicted molar refractivity (Wildman–Crippen MR) is 146 cm³/mol. The first-order chi connectivity index (χ1) is 17.7. The summed E-state index contributed by atoms with van der Waals surface area (Å²) >= 11 is 6.12. The van der Waals surface area contributed by atoms with Crippen LogP contribution in [0.4, 0.5) is 23.1 Å². The maximum atomic E-state index is 6.25. The number of anilines is 4. The number of halogens is 1. The lowest BCUT2D eigenvalue weighted by atomic mass is 9.64. The lowest BCUT2D eigenvalue weighted by molar-refractivity contribution is -0.0945. The van der Waals surface area contributed by atoms with Crippen LogP contribution in [0.5, 0.6) is 11.6 Å². The van der Waals surface area contributed by atoms with E-state index >= 15 is 0 Å². The number of pyridine rings is 2. The van der Waals surface area contributed by atoms with Crippen molar-refractivity contribution in [3.63, 3.8) is 0 Å². The normalized spacial score (nSPS) is 18.4. The maximum absolute atomic E-state index is 6.25. The Morgan fingerprint density at radius 1 is 1.00 bits per heavy atom. The van der Waals surface area contributed by atoms with Crippen LogP contribution in [0.15, 0.2) is 55.0 Å². The number of aromatic nitrogens is 4. The van der Waals surface area contributed by atoms with Crippen molar-refractivity contribution in [2.45, 2.75) is 32.4 Å². The Balaban J connectivity index is 1.28. The van der Waals surface area contributed by atoms with Gasteiger partial charge < -0.3 is 25.0 Å². The molecule has 0 spiro atoms. The summed E-state index contributed by atoms with van der Waals surface area (Å²) in [5, 5.41) is 8.05. The van der Waals surface area contributed by atoms with Gasteiger partial charge in [0.15, 0.2) is 5.75 Å². The van der Waals surface area contributed by atoms with Crippen LogP contribution in [0.3, 0.4) is 0 Å². The van der Waals surface area contributed by atoms with Gasteiger partial charge in [-0.3, -0.25) is 4.98 Å². The van der Waals surface area contributed by atoms with Gasteiger partial charge in [-0.05, 0) is 44.4 Å². The van der Waals surface area contributed by atoms with Crippen molar-refractivity contribution in [3.05, 3.63) is 60.0 Å². The lowest BCUT2D eigenvalue weighted by Gasteiger charge is -2.53. The molecule has 0 unspecified atom stereocenters. The lowest BCUT2D eigenvalue weighted by Crippen LogP contribution is -2.61. The second-order valence-corrected chi connectivity index (χ2v) is 10.4. The minimum atomic E-state index is 0.0151. The number of fused-ring (bicyclic) bond motifs is 1. The quantitative estimate of drug-likeness (QED) is 0.305. The summed E-state index contributed by atoms with van der Waals surface area (Å²) in [6.45, 7) is 4.44. The maximum Gasteiger partial charge on any atom is 0.257 e. The minimum absolute atomic E-state index is 0.0151. The van der Waals surface area contributed by atoms with Crippen molar-refractivity contribution in [1.29, 1.82) is 0 Å². The first-order valence-corrected chi connectivity index (χ1v) is 12.4. The molecule has 9 nitrogen and oxygen atoms in total. The van der Waals surface area contributed by atoms with Crippen LogP contribution in [0.25, 0.3) is 10.9 Å². The predicted octanol–water partition coefficient (Wildman–Crippen LogP) is 5.68. The highest BCUT2D eigenvalue weighted by atomic mass is 35.5. The van der Waals surface area contributed by atoms with Crippen molar-refractivity contribution in [1.82, 2.24) is 24.8 Å². The highest BCUT2D eigenvalue weighted by Crippen LogP contribution is 2.46. The van der Waals surface area contributed by atoms with E-state index in [0.29, 0.717) is 40.1 Å². The van der Waals surface area contributed by atoms with Gasteiger partial charge in [-0.1, -0.05) is 25.4 Å². The molecular formula is C27H30ClN7O2. The number of nitrogens with one attached hydrogen (secondary N) is 2. The fourth-order valence-electron chi connectivity index (χ4n) is 4.75. The molecule has 0 bridgehead atoms. The van der Waals surface area contributed by atoms with E-state index in [4.69, 9.17) is 21.1 Å². The summed E-state index contributed by atoms with van der Waals surface area (Å²) in [5.74, 6) is 2.05. The Hall–Kier alpha value is -3.69. The monoisotopic (exact) mass is 519 g/mol. The molecule has 1 fully saturated rings. The fourth-order valence-corrected chi connectivity index (χ4v) is 4.93. The summed E-state index contributed by atoms with van der Waals surface area (Å²) in [5.41, 5.74) is 2.36. The molecule has 192 valence electrons. The molecule has 3 heterocycles. The molecule has 1 aliphatic carbocycles. The third-order valence-corrected chi connectivity index (χ3v) is 7.10. The molecular weight excluding hydrogens is 490 g/mol. The first-order valence-electron chi connectivity index (χ1n) is 12.0. The minimum Gasteiger partial charge on any atom is -0.491 e. The molecule has 1 aromatic carbocycles. The molecule has 37 heavy (non-hydrogen) atoms. The second-order valence-electron chi connectivity index (χ2n) is 9.95. The number of benzene rings is 1. The van der Waals surface area contributed by atoms with E-state index in [0.717, 1.165) is 23.0 Å². The fraction of sp³-hybridized carbons (Fsp3) is 0.333. The van der Waals surface area contributed by atoms with Crippen molar-refractivity contribution in [2.24, 2.45) is 5.41 Å². The molecule has 0 aliphatic heterocycles. The Kier molecular flexibility index (Phi) is 6.74. The number of ether oxygens (including phenoxy) is 2. The van der Waals surface area contributed by atoms with Crippen molar-refractivity contribution in [2.75, 3.05) is 31.8 Å². The summed E-state index contributed by atoms with van der Waals surface area (Å²) in [4.78, 5) is 20.1. The zero-order chi connectivity index (χ0) is 26.2. The molecule has 2 atom stereocenters.